The molecule has 1 unspecified atom stereocenters. The van der Waals surface area contributed by atoms with Crippen LogP contribution < -0.4 is 4.74 Å². The molecular weight excluding hydrogens is 234 g/mol. The molecule has 18 heavy (non-hydrogen) atoms. The van der Waals surface area contributed by atoms with E-state index in [2.05, 4.69) is 0 Å². The summed E-state index contributed by atoms with van der Waals surface area (Å²) in [6, 6.07) is 6.21. The van der Waals surface area contributed by atoms with Crippen molar-refractivity contribution in [3.8, 4) is 11.5 Å². The van der Waals surface area contributed by atoms with Crippen LogP contribution >= 0.6 is 0 Å². The van der Waals surface area contributed by atoms with E-state index >= 15 is 0 Å². The van der Waals surface area contributed by atoms with Gasteiger partial charge in [0.2, 0.25) is 0 Å². The summed E-state index contributed by atoms with van der Waals surface area (Å²) in [5.41, 5.74) is 0. The highest BCUT2D eigenvalue weighted by Crippen LogP contribution is 2.19. The van der Waals surface area contributed by atoms with Gasteiger partial charge in [-0.25, -0.2) is 0 Å². The van der Waals surface area contributed by atoms with Gasteiger partial charge in [0.25, 0.3) is 0 Å². The first-order valence-corrected chi connectivity index (χ1v) is 6.05. The van der Waals surface area contributed by atoms with Crippen LogP contribution in [0.2, 0.25) is 0 Å². The molecule has 0 saturated carbocycles. The van der Waals surface area contributed by atoms with Gasteiger partial charge in [-0.15, -0.1) is 0 Å². The van der Waals surface area contributed by atoms with Crippen molar-refractivity contribution in [2.75, 3.05) is 19.7 Å². The Morgan fingerprint density at radius 1 is 1.50 bits per heavy atom. The lowest BCUT2D eigenvalue weighted by atomic mass is 10.2. The fourth-order valence-electron chi connectivity index (χ4n) is 2.23. The molecule has 5 nitrogen and oxygen atoms in total. The zero-order valence-corrected chi connectivity index (χ0v) is 10.1. The molecule has 5 heteroatoms. The number of aliphatic carboxylic acids is 1. The van der Waals surface area contributed by atoms with Gasteiger partial charge in [-0.2, -0.15) is 0 Å². The van der Waals surface area contributed by atoms with Gasteiger partial charge in [0.1, 0.15) is 24.1 Å². The smallest absolute Gasteiger partial charge is 0.320 e. The number of nitrogens with zero attached hydrogens (tertiary/aromatic N) is 1. The quantitative estimate of drug-likeness (QED) is 0.826. The van der Waals surface area contributed by atoms with Crippen LogP contribution in [0.3, 0.4) is 0 Å². The number of carbonyl (C=O) groups is 1. The third-order valence-electron chi connectivity index (χ3n) is 3.11. The molecule has 0 amide bonds. The van der Waals surface area contributed by atoms with Crippen molar-refractivity contribution in [1.29, 1.82) is 0 Å². The molecule has 0 spiro atoms. The lowest BCUT2D eigenvalue weighted by molar-refractivity contribution is -0.142. The van der Waals surface area contributed by atoms with Gasteiger partial charge >= 0.3 is 5.97 Å². The summed E-state index contributed by atoms with van der Waals surface area (Å²) >= 11 is 0. The second kappa shape index (κ2) is 5.73. The molecule has 0 aromatic heterocycles. The fraction of sp³-hybridized carbons (Fsp3) is 0.462. The van der Waals surface area contributed by atoms with Crippen molar-refractivity contribution in [3.63, 3.8) is 0 Å². The average Bonchev–Trinajstić information content (AvgIpc) is 2.77. The maximum absolute atomic E-state index is 11.0. The van der Waals surface area contributed by atoms with Crippen LogP contribution in [0.5, 0.6) is 11.5 Å². The summed E-state index contributed by atoms with van der Waals surface area (Å²) in [5, 5.41) is 18.3. The maximum atomic E-state index is 11.0. The minimum atomic E-state index is -0.759. The minimum absolute atomic E-state index is 0.164. The predicted octanol–water partition coefficient (Wildman–Crippen LogP) is 1.32. The third-order valence-corrected chi connectivity index (χ3v) is 3.11. The van der Waals surface area contributed by atoms with E-state index in [1.807, 2.05) is 4.90 Å². The molecule has 1 heterocycles. The largest absolute Gasteiger partial charge is 0.508 e. The molecule has 1 atom stereocenters. The summed E-state index contributed by atoms with van der Waals surface area (Å²) < 4.78 is 5.48. The van der Waals surface area contributed by atoms with Gasteiger partial charge < -0.3 is 14.9 Å². The third kappa shape index (κ3) is 3.13. The zero-order valence-electron chi connectivity index (χ0n) is 10.1. The lowest BCUT2D eigenvalue weighted by Crippen LogP contribution is -2.38. The van der Waals surface area contributed by atoms with Crippen LogP contribution in [0.4, 0.5) is 0 Å². The monoisotopic (exact) mass is 251 g/mol. The van der Waals surface area contributed by atoms with Crippen molar-refractivity contribution in [1.82, 2.24) is 4.90 Å². The molecule has 98 valence electrons. The number of ether oxygens (including phenoxy) is 1. The summed E-state index contributed by atoms with van der Waals surface area (Å²) in [5.74, 6) is 0.00279. The first kappa shape index (κ1) is 12.7. The van der Waals surface area contributed by atoms with E-state index in [9.17, 15) is 9.90 Å². The molecule has 0 bridgehead atoms. The Labute approximate surface area is 106 Å². The minimum Gasteiger partial charge on any atom is -0.508 e. The van der Waals surface area contributed by atoms with Crippen molar-refractivity contribution < 1.29 is 19.7 Å². The van der Waals surface area contributed by atoms with Crippen molar-refractivity contribution in [2.24, 2.45) is 0 Å². The SMILES string of the molecule is O=C(O)C1CCCN1CCOc1cccc(O)c1. The van der Waals surface area contributed by atoms with Gasteiger partial charge in [0.05, 0.1) is 0 Å². The van der Waals surface area contributed by atoms with Crippen LogP contribution in [0.15, 0.2) is 24.3 Å². The van der Waals surface area contributed by atoms with E-state index in [1.165, 1.54) is 0 Å². The second-order valence-corrected chi connectivity index (χ2v) is 4.38. The van der Waals surface area contributed by atoms with E-state index in [0.717, 1.165) is 13.0 Å². The van der Waals surface area contributed by atoms with Crippen LogP contribution in [0.1, 0.15) is 12.8 Å². The van der Waals surface area contributed by atoms with Crippen LogP contribution in [-0.2, 0) is 4.79 Å². The molecule has 0 radical (unpaired) electrons. The number of benzene rings is 1. The number of hydrogen-bond acceptors (Lipinski definition) is 4. The Balaban J connectivity index is 1.80. The van der Waals surface area contributed by atoms with Gasteiger partial charge in [0.15, 0.2) is 0 Å². The number of phenols is 1. The molecule has 1 aromatic rings. The maximum Gasteiger partial charge on any atom is 0.320 e. The number of aromatic hydroxyl groups is 1. The van der Waals surface area contributed by atoms with Crippen LogP contribution in [0.25, 0.3) is 0 Å². The molecule has 1 aliphatic heterocycles. The van der Waals surface area contributed by atoms with Crippen molar-refractivity contribution in [3.05, 3.63) is 24.3 Å². The van der Waals surface area contributed by atoms with Gasteiger partial charge in [-0.05, 0) is 31.5 Å². The van der Waals surface area contributed by atoms with E-state index < -0.39 is 5.97 Å². The highest BCUT2D eigenvalue weighted by Gasteiger charge is 2.29. The standard InChI is InChI=1S/C13H17NO4/c15-10-3-1-4-11(9-10)18-8-7-14-6-2-5-12(14)13(16)17/h1,3-4,9,12,15H,2,5-8H2,(H,16,17). The Morgan fingerprint density at radius 3 is 3.06 bits per heavy atom. The summed E-state index contributed by atoms with van der Waals surface area (Å²) in [7, 11) is 0. The first-order chi connectivity index (χ1) is 8.66. The number of phenolic OH excluding ortho intramolecular Hbond substituents is 1. The molecule has 1 fully saturated rings. The van der Waals surface area contributed by atoms with Crippen molar-refractivity contribution >= 4 is 5.97 Å². The normalized spacial score (nSPS) is 19.9. The lowest BCUT2D eigenvalue weighted by Gasteiger charge is -2.20. The molecule has 2 N–H and O–H groups in total. The Kier molecular flexibility index (Phi) is 4.04. The molecule has 1 aromatic carbocycles. The zero-order chi connectivity index (χ0) is 13.0. The fourth-order valence-corrected chi connectivity index (χ4v) is 2.23. The van der Waals surface area contributed by atoms with Crippen LogP contribution in [0, 0.1) is 0 Å². The Bertz CT molecular complexity index is 421. The number of carboxylic acids is 1. The predicted molar refractivity (Wildman–Crippen MR) is 65.8 cm³/mol. The van der Waals surface area contributed by atoms with E-state index in [4.69, 9.17) is 9.84 Å². The Hall–Kier alpha value is -1.75. The molecule has 0 aliphatic carbocycles. The molecule has 2 rings (SSSR count). The topological polar surface area (TPSA) is 70.0 Å². The highest BCUT2D eigenvalue weighted by molar-refractivity contribution is 5.73. The highest BCUT2D eigenvalue weighted by atomic mass is 16.5. The summed E-state index contributed by atoms with van der Waals surface area (Å²) in [4.78, 5) is 12.9. The summed E-state index contributed by atoms with van der Waals surface area (Å²) in [6.07, 6.45) is 1.63. The second-order valence-electron chi connectivity index (χ2n) is 4.38. The Morgan fingerprint density at radius 2 is 2.33 bits per heavy atom. The number of hydrogen-bond donors (Lipinski definition) is 2. The van der Waals surface area contributed by atoms with Crippen LogP contribution in [-0.4, -0.2) is 46.8 Å². The van der Waals surface area contributed by atoms with E-state index in [-0.39, 0.29) is 11.8 Å². The number of carboxylic acid groups (broad SMARTS) is 1. The van der Waals surface area contributed by atoms with E-state index in [0.29, 0.717) is 25.3 Å². The van der Waals surface area contributed by atoms with Gasteiger partial charge in [0, 0.05) is 12.6 Å². The molecule has 1 saturated heterocycles. The summed E-state index contributed by atoms with van der Waals surface area (Å²) in [6.45, 7) is 1.82. The molecule has 1 aliphatic rings. The number of rotatable bonds is 5. The van der Waals surface area contributed by atoms with E-state index in [1.54, 1.807) is 24.3 Å². The molecular formula is C13H17NO4. The number of likely N-dealkylation sites (tertiary alicyclic amines) is 1. The van der Waals surface area contributed by atoms with Gasteiger partial charge in [-0.3, -0.25) is 9.69 Å². The average molecular weight is 251 g/mol. The first-order valence-electron chi connectivity index (χ1n) is 6.05. The van der Waals surface area contributed by atoms with Gasteiger partial charge in [-0.1, -0.05) is 6.07 Å². The van der Waals surface area contributed by atoms with Crippen molar-refractivity contribution in [2.45, 2.75) is 18.9 Å².